The van der Waals surface area contributed by atoms with Crippen molar-refractivity contribution < 1.29 is 19.4 Å². The third kappa shape index (κ3) is 5.93. The topological polar surface area (TPSA) is 88.0 Å². The van der Waals surface area contributed by atoms with Gasteiger partial charge in [-0.05, 0) is 69.7 Å². The van der Waals surface area contributed by atoms with Crippen molar-refractivity contribution in [2.45, 2.75) is 6.61 Å². The molecular formula is C24H16Br2N2O4S. The molecule has 9 heteroatoms. The summed E-state index contributed by atoms with van der Waals surface area (Å²) in [5.41, 5.74) is 2.31. The molecule has 4 rings (SSSR count). The molecule has 1 aliphatic heterocycles. The molecule has 0 bridgehead atoms. The summed E-state index contributed by atoms with van der Waals surface area (Å²) < 4.78 is 7.66. The molecule has 2 N–H and O–H groups in total. The van der Waals surface area contributed by atoms with Gasteiger partial charge in [-0.25, -0.2) is 9.79 Å². The molecule has 0 spiro atoms. The van der Waals surface area contributed by atoms with Crippen molar-refractivity contribution in [3.05, 3.63) is 97.3 Å². The highest BCUT2D eigenvalue weighted by atomic mass is 79.9. The molecule has 166 valence electrons. The minimum absolute atomic E-state index is 0.126. The van der Waals surface area contributed by atoms with E-state index >= 15 is 0 Å². The number of halogens is 2. The van der Waals surface area contributed by atoms with E-state index in [1.807, 2.05) is 42.5 Å². The van der Waals surface area contributed by atoms with E-state index in [-0.39, 0.29) is 11.5 Å². The summed E-state index contributed by atoms with van der Waals surface area (Å²) in [6.45, 7) is 0.378. The molecule has 1 saturated heterocycles. The number of ether oxygens (including phenoxy) is 1. The lowest BCUT2D eigenvalue weighted by Gasteiger charge is -2.12. The molecular weight excluding hydrogens is 572 g/mol. The van der Waals surface area contributed by atoms with Crippen LogP contribution in [0.3, 0.4) is 0 Å². The van der Waals surface area contributed by atoms with Crippen molar-refractivity contribution in [1.82, 2.24) is 5.32 Å². The van der Waals surface area contributed by atoms with Crippen molar-refractivity contribution in [1.29, 1.82) is 0 Å². The maximum absolute atomic E-state index is 12.6. The minimum Gasteiger partial charge on any atom is -0.487 e. The van der Waals surface area contributed by atoms with E-state index in [9.17, 15) is 9.59 Å². The standard InChI is InChI=1S/C24H16Br2N2O4S/c25-17-9-16(21(19(26)12-17)32-13-14-5-2-1-3-6-14)11-20-22(29)28-24(33-20)27-18-8-4-7-15(10-18)23(30)31/h1-12H,13H2,(H,30,31)(H,27,28,29)/b20-11-. The predicted molar refractivity (Wildman–Crippen MR) is 137 cm³/mol. The molecule has 1 fully saturated rings. The molecule has 33 heavy (non-hydrogen) atoms. The maximum Gasteiger partial charge on any atom is 0.335 e. The van der Waals surface area contributed by atoms with E-state index in [1.54, 1.807) is 18.2 Å². The van der Waals surface area contributed by atoms with Gasteiger partial charge >= 0.3 is 5.97 Å². The predicted octanol–water partition coefficient (Wildman–Crippen LogP) is 6.38. The van der Waals surface area contributed by atoms with E-state index in [4.69, 9.17) is 9.84 Å². The van der Waals surface area contributed by atoms with Crippen LogP contribution >= 0.6 is 43.6 Å². The second-order valence-corrected chi connectivity index (χ2v) is 9.72. The summed E-state index contributed by atoms with van der Waals surface area (Å²) in [6.07, 6.45) is 1.74. The van der Waals surface area contributed by atoms with Crippen LogP contribution in [-0.4, -0.2) is 22.2 Å². The molecule has 1 amide bonds. The summed E-state index contributed by atoms with van der Waals surface area (Å²) in [6, 6.07) is 19.8. The number of benzene rings is 3. The van der Waals surface area contributed by atoms with E-state index in [2.05, 4.69) is 42.2 Å². The van der Waals surface area contributed by atoms with Crippen LogP contribution in [0.1, 0.15) is 21.5 Å². The Labute approximate surface area is 211 Å². The first-order valence-corrected chi connectivity index (χ1v) is 12.1. The van der Waals surface area contributed by atoms with Gasteiger partial charge in [-0.3, -0.25) is 4.79 Å². The van der Waals surface area contributed by atoms with Crippen LogP contribution in [0.2, 0.25) is 0 Å². The molecule has 6 nitrogen and oxygen atoms in total. The van der Waals surface area contributed by atoms with E-state index in [0.717, 1.165) is 20.1 Å². The highest BCUT2D eigenvalue weighted by molar-refractivity contribution is 9.11. The van der Waals surface area contributed by atoms with Crippen LogP contribution in [-0.2, 0) is 11.4 Å². The van der Waals surface area contributed by atoms with Gasteiger partial charge in [-0.1, -0.05) is 52.3 Å². The average Bonchev–Trinajstić information content (AvgIpc) is 3.12. The normalized spacial score (nSPS) is 15.6. The Balaban J connectivity index is 1.60. The maximum atomic E-state index is 12.6. The molecule has 0 aliphatic carbocycles. The number of aliphatic imine (C=N–C) groups is 1. The monoisotopic (exact) mass is 586 g/mol. The first kappa shape index (κ1) is 23.3. The number of rotatable bonds is 6. The van der Waals surface area contributed by atoms with Gasteiger partial charge in [0.1, 0.15) is 12.4 Å². The molecule has 0 aromatic heterocycles. The summed E-state index contributed by atoms with van der Waals surface area (Å²) in [4.78, 5) is 28.6. The fraction of sp³-hybridized carbons (Fsp3) is 0.0417. The van der Waals surface area contributed by atoms with Crippen molar-refractivity contribution in [3.8, 4) is 5.75 Å². The third-order valence-corrected chi connectivity index (χ3v) is 6.48. The van der Waals surface area contributed by atoms with Gasteiger partial charge in [0.05, 0.1) is 20.6 Å². The SMILES string of the molecule is O=C1NC(=Nc2cccc(C(=O)O)c2)S/C1=C\c1cc(Br)cc(Br)c1OCc1ccccc1. The Morgan fingerprint density at radius 3 is 2.64 bits per heavy atom. The van der Waals surface area contributed by atoms with Crippen LogP contribution in [0.4, 0.5) is 5.69 Å². The number of carbonyl (C=O) groups is 2. The minimum atomic E-state index is -1.04. The number of nitrogens with zero attached hydrogens (tertiary/aromatic N) is 1. The Bertz CT molecular complexity index is 1290. The van der Waals surface area contributed by atoms with E-state index < -0.39 is 5.97 Å². The number of thioether (sulfide) groups is 1. The molecule has 1 aliphatic rings. The zero-order valence-corrected chi connectivity index (χ0v) is 20.9. The molecule has 0 unspecified atom stereocenters. The first-order chi connectivity index (χ1) is 15.9. The van der Waals surface area contributed by atoms with Crippen LogP contribution in [0.15, 0.2) is 85.6 Å². The highest BCUT2D eigenvalue weighted by Crippen LogP contribution is 2.37. The molecule has 0 atom stereocenters. The van der Waals surface area contributed by atoms with Crippen LogP contribution in [0, 0.1) is 0 Å². The first-order valence-electron chi connectivity index (χ1n) is 9.68. The van der Waals surface area contributed by atoms with Crippen molar-refractivity contribution in [2.24, 2.45) is 4.99 Å². The Kier molecular flexibility index (Phi) is 7.32. The lowest BCUT2D eigenvalue weighted by Crippen LogP contribution is -2.19. The second-order valence-electron chi connectivity index (χ2n) is 6.92. The van der Waals surface area contributed by atoms with Gasteiger partial charge in [0.15, 0.2) is 5.17 Å². The smallest absolute Gasteiger partial charge is 0.335 e. The second kappa shape index (κ2) is 10.4. The zero-order chi connectivity index (χ0) is 23.4. The van der Waals surface area contributed by atoms with Crippen LogP contribution in [0.25, 0.3) is 6.08 Å². The number of amides is 1. The van der Waals surface area contributed by atoms with Gasteiger partial charge in [-0.15, -0.1) is 0 Å². The number of hydrogen-bond acceptors (Lipinski definition) is 5. The number of aromatic carboxylic acids is 1. The molecule has 0 saturated carbocycles. The van der Waals surface area contributed by atoms with Crippen molar-refractivity contribution in [2.75, 3.05) is 0 Å². The summed E-state index contributed by atoms with van der Waals surface area (Å²) in [7, 11) is 0. The van der Waals surface area contributed by atoms with Gasteiger partial charge in [0.25, 0.3) is 5.91 Å². The average molecular weight is 588 g/mol. The van der Waals surface area contributed by atoms with Crippen LogP contribution < -0.4 is 10.1 Å². The molecule has 0 radical (unpaired) electrons. The summed E-state index contributed by atoms with van der Waals surface area (Å²) in [5, 5.41) is 12.2. The zero-order valence-electron chi connectivity index (χ0n) is 16.9. The van der Waals surface area contributed by atoms with Crippen LogP contribution in [0.5, 0.6) is 5.75 Å². The molecule has 1 heterocycles. The fourth-order valence-electron chi connectivity index (χ4n) is 3.02. The third-order valence-electron chi connectivity index (χ3n) is 4.52. The largest absolute Gasteiger partial charge is 0.487 e. The number of carboxylic acid groups (broad SMARTS) is 1. The quantitative estimate of drug-likeness (QED) is 0.327. The van der Waals surface area contributed by atoms with Gasteiger partial charge in [0.2, 0.25) is 0 Å². The number of carbonyl (C=O) groups excluding carboxylic acids is 1. The Hall–Kier alpha value is -2.88. The number of amidine groups is 1. The van der Waals surface area contributed by atoms with E-state index in [1.165, 1.54) is 23.9 Å². The van der Waals surface area contributed by atoms with Gasteiger partial charge in [0, 0.05) is 10.0 Å². The van der Waals surface area contributed by atoms with Gasteiger partial charge in [-0.2, -0.15) is 0 Å². The Morgan fingerprint density at radius 2 is 1.88 bits per heavy atom. The van der Waals surface area contributed by atoms with E-state index in [0.29, 0.717) is 28.1 Å². The lowest BCUT2D eigenvalue weighted by molar-refractivity contribution is -0.115. The van der Waals surface area contributed by atoms with Crippen molar-refractivity contribution in [3.63, 3.8) is 0 Å². The fourth-order valence-corrected chi connectivity index (χ4v) is 5.22. The lowest BCUT2D eigenvalue weighted by atomic mass is 10.1. The number of carboxylic acids is 1. The molecule has 3 aromatic rings. The van der Waals surface area contributed by atoms with Gasteiger partial charge < -0.3 is 15.2 Å². The van der Waals surface area contributed by atoms with Crippen molar-refractivity contribution >= 4 is 72.4 Å². The number of nitrogens with one attached hydrogen (secondary N) is 1. The summed E-state index contributed by atoms with van der Waals surface area (Å²) in [5.74, 6) is -0.718. The highest BCUT2D eigenvalue weighted by Gasteiger charge is 2.25. The number of hydrogen-bond donors (Lipinski definition) is 2. The summed E-state index contributed by atoms with van der Waals surface area (Å²) >= 11 is 8.21. The molecule has 3 aromatic carbocycles. The Morgan fingerprint density at radius 1 is 1.09 bits per heavy atom.